The van der Waals surface area contributed by atoms with Crippen molar-refractivity contribution in [2.45, 2.75) is 0 Å². The number of thiophene rings is 2. The van der Waals surface area contributed by atoms with E-state index >= 15 is 0 Å². The Balaban J connectivity index is 1.20. The molecule has 12 rings (SSSR count). The van der Waals surface area contributed by atoms with Gasteiger partial charge in [0.2, 0.25) is 0 Å². The van der Waals surface area contributed by atoms with Gasteiger partial charge in [-0.2, -0.15) is 0 Å². The Kier molecular flexibility index (Phi) is 7.62. The number of para-hydroxylation sites is 2. The molecule has 0 unspecified atom stereocenters. The van der Waals surface area contributed by atoms with Gasteiger partial charge in [-0.25, -0.2) is 0 Å². The molecular formula is C54H34N2S2. The molecule has 12 aromatic rings. The first kappa shape index (κ1) is 33.2. The van der Waals surface area contributed by atoms with Crippen LogP contribution in [-0.4, -0.2) is 4.57 Å². The molecule has 0 aliphatic rings. The minimum atomic E-state index is 1.12. The molecule has 272 valence electrons. The third kappa shape index (κ3) is 5.16. The monoisotopic (exact) mass is 774 g/mol. The fourth-order valence-corrected chi connectivity index (χ4v) is 11.4. The van der Waals surface area contributed by atoms with E-state index < -0.39 is 0 Å². The zero-order chi connectivity index (χ0) is 38.2. The summed E-state index contributed by atoms with van der Waals surface area (Å²) in [5, 5.41) is 7.57. The SMILES string of the molecule is c1ccc(-c2ccc3c(c2)sc2c(-c4ccccc4)ccc(N(c4ccc5c6ccccc6n(-c6ccccc6)c5c4)c4cccc5sc6ccccc6c45)c23)cc1. The van der Waals surface area contributed by atoms with Crippen molar-refractivity contribution in [2.24, 2.45) is 0 Å². The number of fused-ring (bicyclic) bond motifs is 9. The first-order chi connectivity index (χ1) is 28.8. The van der Waals surface area contributed by atoms with Crippen LogP contribution < -0.4 is 4.90 Å². The van der Waals surface area contributed by atoms with Crippen LogP contribution in [0.2, 0.25) is 0 Å². The smallest absolute Gasteiger partial charge is 0.0561 e. The first-order valence-electron chi connectivity index (χ1n) is 19.7. The molecule has 0 N–H and O–H groups in total. The highest BCUT2D eigenvalue weighted by Gasteiger charge is 2.25. The van der Waals surface area contributed by atoms with Crippen LogP contribution in [0.3, 0.4) is 0 Å². The van der Waals surface area contributed by atoms with Crippen molar-refractivity contribution in [1.29, 1.82) is 0 Å². The molecule has 9 aromatic carbocycles. The summed E-state index contributed by atoms with van der Waals surface area (Å²) in [5.41, 5.74) is 11.9. The number of nitrogens with zero attached hydrogens (tertiary/aromatic N) is 2. The second-order valence-electron chi connectivity index (χ2n) is 14.9. The summed E-state index contributed by atoms with van der Waals surface area (Å²) in [4.78, 5) is 2.54. The fourth-order valence-electron chi connectivity index (χ4n) is 9.01. The topological polar surface area (TPSA) is 8.17 Å². The van der Waals surface area contributed by atoms with Crippen molar-refractivity contribution >= 4 is 102 Å². The molecule has 3 aromatic heterocycles. The number of anilines is 3. The molecule has 0 saturated heterocycles. The Labute approximate surface area is 343 Å². The lowest BCUT2D eigenvalue weighted by atomic mass is 9.98. The maximum atomic E-state index is 2.54. The highest BCUT2D eigenvalue weighted by molar-refractivity contribution is 7.26. The fraction of sp³-hybridized carbons (Fsp3) is 0. The lowest BCUT2D eigenvalue weighted by Crippen LogP contribution is -2.11. The zero-order valence-electron chi connectivity index (χ0n) is 31.3. The van der Waals surface area contributed by atoms with Gasteiger partial charge < -0.3 is 9.47 Å². The van der Waals surface area contributed by atoms with Crippen molar-refractivity contribution in [1.82, 2.24) is 4.57 Å². The molecule has 0 aliphatic heterocycles. The second-order valence-corrected chi connectivity index (χ2v) is 17.0. The molecule has 0 spiro atoms. The van der Waals surface area contributed by atoms with Gasteiger partial charge in [0.05, 0.1) is 22.4 Å². The van der Waals surface area contributed by atoms with Crippen LogP contribution in [0.25, 0.3) is 90.1 Å². The van der Waals surface area contributed by atoms with Gasteiger partial charge in [-0.15, -0.1) is 22.7 Å². The average Bonchev–Trinajstić information content (AvgIpc) is 3.97. The van der Waals surface area contributed by atoms with Gasteiger partial charge in [-0.05, 0) is 82.9 Å². The van der Waals surface area contributed by atoms with E-state index in [1.54, 1.807) is 0 Å². The number of aromatic nitrogens is 1. The van der Waals surface area contributed by atoms with Crippen molar-refractivity contribution in [2.75, 3.05) is 4.90 Å². The quantitative estimate of drug-likeness (QED) is 0.163. The Morgan fingerprint density at radius 3 is 1.83 bits per heavy atom. The summed E-state index contributed by atoms with van der Waals surface area (Å²) < 4.78 is 7.56. The molecule has 3 heterocycles. The van der Waals surface area contributed by atoms with E-state index in [2.05, 4.69) is 216 Å². The molecule has 0 amide bonds. The largest absolute Gasteiger partial charge is 0.309 e. The van der Waals surface area contributed by atoms with E-state index in [9.17, 15) is 0 Å². The second kappa shape index (κ2) is 13.3. The Morgan fingerprint density at radius 2 is 1.00 bits per heavy atom. The van der Waals surface area contributed by atoms with E-state index in [1.807, 2.05) is 22.7 Å². The zero-order valence-corrected chi connectivity index (χ0v) is 33.0. The summed E-state index contributed by atoms with van der Waals surface area (Å²) in [7, 11) is 0. The van der Waals surface area contributed by atoms with E-state index in [4.69, 9.17) is 0 Å². The molecule has 4 heteroatoms. The maximum Gasteiger partial charge on any atom is 0.0561 e. The third-order valence-electron chi connectivity index (χ3n) is 11.6. The number of hydrogen-bond donors (Lipinski definition) is 0. The molecule has 0 fully saturated rings. The third-order valence-corrected chi connectivity index (χ3v) is 13.9. The molecule has 0 atom stereocenters. The maximum absolute atomic E-state index is 2.54. The summed E-state index contributed by atoms with van der Waals surface area (Å²) >= 11 is 3.77. The molecule has 0 radical (unpaired) electrons. The summed E-state index contributed by atoms with van der Waals surface area (Å²) in [5.74, 6) is 0. The van der Waals surface area contributed by atoms with Crippen LogP contribution in [0.1, 0.15) is 0 Å². The van der Waals surface area contributed by atoms with Gasteiger partial charge >= 0.3 is 0 Å². The number of rotatable bonds is 6. The van der Waals surface area contributed by atoms with E-state index in [1.165, 1.54) is 90.1 Å². The Morgan fingerprint density at radius 1 is 0.362 bits per heavy atom. The van der Waals surface area contributed by atoms with Crippen molar-refractivity contribution in [3.8, 4) is 27.9 Å². The van der Waals surface area contributed by atoms with Crippen LogP contribution >= 0.6 is 22.7 Å². The first-order valence-corrected chi connectivity index (χ1v) is 21.3. The van der Waals surface area contributed by atoms with Gasteiger partial charge in [0, 0.05) is 62.5 Å². The van der Waals surface area contributed by atoms with Gasteiger partial charge in [0.15, 0.2) is 0 Å². The molecule has 2 nitrogen and oxygen atoms in total. The predicted molar refractivity (Wildman–Crippen MR) is 252 cm³/mol. The van der Waals surface area contributed by atoms with Gasteiger partial charge in [0.1, 0.15) is 0 Å². The summed E-state index contributed by atoms with van der Waals surface area (Å²) in [6.45, 7) is 0. The lowest BCUT2D eigenvalue weighted by molar-refractivity contribution is 1.18. The van der Waals surface area contributed by atoms with Crippen LogP contribution in [0.15, 0.2) is 206 Å². The molecular weight excluding hydrogens is 741 g/mol. The lowest BCUT2D eigenvalue weighted by Gasteiger charge is -2.28. The van der Waals surface area contributed by atoms with Gasteiger partial charge in [-0.3, -0.25) is 0 Å². The minimum absolute atomic E-state index is 1.12. The Hall–Kier alpha value is -6.98. The van der Waals surface area contributed by atoms with Crippen molar-refractivity contribution < 1.29 is 0 Å². The standard InChI is InChI=1S/C54H34N2S2/c1-4-15-35(16-5-1)37-27-29-44-51(33-37)58-54-40(36-17-6-2-7-18-36)31-32-47(53(44)54)56(46-24-14-26-50-52(46)43-22-11-13-25-49(43)57-50)39-28-30-42-41-21-10-12-23-45(41)55(48(42)34-39)38-19-8-3-9-20-38/h1-34H. The predicted octanol–water partition coefficient (Wildman–Crippen LogP) is 16.3. The molecule has 0 saturated carbocycles. The van der Waals surface area contributed by atoms with Gasteiger partial charge in [0.25, 0.3) is 0 Å². The molecule has 0 aliphatic carbocycles. The highest BCUT2D eigenvalue weighted by atomic mass is 32.1. The summed E-state index contributed by atoms with van der Waals surface area (Å²) in [6, 6.07) is 75.6. The van der Waals surface area contributed by atoms with Crippen molar-refractivity contribution in [3.05, 3.63) is 206 Å². The van der Waals surface area contributed by atoms with Crippen LogP contribution in [0.5, 0.6) is 0 Å². The molecule has 0 bridgehead atoms. The number of hydrogen-bond acceptors (Lipinski definition) is 3. The van der Waals surface area contributed by atoms with E-state index in [0.29, 0.717) is 0 Å². The summed E-state index contributed by atoms with van der Waals surface area (Å²) in [6.07, 6.45) is 0. The number of benzene rings is 9. The average molecular weight is 775 g/mol. The minimum Gasteiger partial charge on any atom is -0.309 e. The van der Waals surface area contributed by atoms with E-state index in [-0.39, 0.29) is 0 Å². The van der Waals surface area contributed by atoms with Crippen LogP contribution in [-0.2, 0) is 0 Å². The van der Waals surface area contributed by atoms with Crippen LogP contribution in [0.4, 0.5) is 17.1 Å². The van der Waals surface area contributed by atoms with E-state index in [0.717, 1.165) is 17.1 Å². The van der Waals surface area contributed by atoms with Crippen molar-refractivity contribution in [3.63, 3.8) is 0 Å². The van der Waals surface area contributed by atoms with Crippen LogP contribution in [0, 0.1) is 0 Å². The molecule has 58 heavy (non-hydrogen) atoms. The normalized spacial score (nSPS) is 11.8. The highest BCUT2D eigenvalue weighted by Crippen LogP contribution is 2.52. The van der Waals surface area contributed by atoms with Gasteiger partial charge in [-0.1, -0.05) is 146 Å². The Bertz CT molecular complexity index is 3500.